The fourth-order valence-corrected chi connectivity index (χ4v) is 8.06. The molecule has 0 bridgehead atoms. The van der Waals surface area contributed by atoms with Gasteiger partial charge in [0, 0.05) is 12.8 Å². The second-order valence-electron chi connectivity index (χ2n) is 18.0. The molecule has 0 heterocycles. The number of rotatable bonds is 47. The number of carbonyl (C=O) groups excluding carboxylic acids is 2. The van der Waals surface area contributed by atoms with E-state index in [1.54, 1.807) is 36.5 Å². The number of esters is 2. The van der Waals surface area contributed by atoms with Crippen molar-refractivity contribution < 1.29 is 71.8 Å². The number of aliphatic hydroxyl groups is 3. The third kappa shape index (κ3) is 48.8. The number of unbranched alkanes of at least 4 members (excludes halogenated alkanes) is 20. The topological polar surface area (TPSA) is 236 Å². The summed E-state index contributed by atoms with van der Waals surface area (Å²) in [5, 5.41) is 30.1. The van der Waals surface area contributed by atoms with Crippen LogP contribution < -0.4 is 0 Å². The molecule has 0 radical (unpaired) electrons. The van der Waals surface area contributed by atoms with Gasteiger partial charge in [-0.3, -0.25) is 23.2 Å². The van der Waals surface area contributed by atoms with Crippen molar-refractivity contribution in [2.45, 2.75) is 225 Å². The van der Waals surface area contributed by atoms with Gasteiger partial charge in [-0.25, -0.2) is 9.13 Å². The van der Waals surface area contributed by atoms with E-state index < -0.39 is 78.4 Å². The van der Waals surface area contributed by atoms with Crippen molar-refractivity contribution in [2.75, 3.05) is 26.4 Å². The maximum absolute atomic E-state index is 12.7. The van der Waals surface area contributed by atoms with E-state index in [1.165, 1.54) is 103 Å². The Morgan fingerprint density at radius 3 is 1.55 bits per heavy atom. The minimum atomic E-state index is -4.89. The van der Waals surface area contributed by atoms with Crippen LogP contribution in [0.5, 0.6) is 0 Å². The summed E-state index contributed by atoms with van der Waals surface area (Å²) in [5.41, 5.74) is 0. The van der Waals surface area contributed by atoms with E-state index in [0.717, 1.165) is 44.4 Å². The molecule has 0 aliphatic heterocycles. The molecule has 0 saturated carbocycles. The number of phosphoric ester groups is 2. The van der Waals surface area contributed by atoms with Gasteiger partial charge in [-0.05, 0) is 44.4 Å². The Labute approximate surface area is 404 Å². The van der Waals surface area contributed by atoms with E-state index in [0.29, 0.717) is 12.8 Å². The summed E-state index contributed by atoms with van der Waals surface area (Å²) < 4.78 is 47.8. The minimum absolute atomic E-state index is 0.0644. The lowest BCUT2D eigenvalue weighted by molar-refractivity contribution is -0.161. The van der Waals surface area contributed by atoms with E-state index in [-0.39, 0.29) is 25.7 Å². The molecule has 0 spiro atoms. The first-order valence-electron chi connectivity index (χ1n) is 25.4. The Morgan fingerprint density at radius 1 is 0.522 bits per heavy atom. The lowest BCUT2D eigenvalue weighted by Gasteiger charge is -2.20. The van der Waals surface area contributed by atoms with Crippen molar-refractivity contribution in [1.82, 2.24) is 0 Å². The zero-order valence-corrected chi connectivity index (χ0v) is 43.2. The fraction of sp³-hybridized carbons (Fsp3) is 0.800. The SMILES string of the molecule is CCCCC/C=C\C[C@@H](O)/C=C/C=C/C=C\[C@@H](O)CCCC(=O)OC[C@H](COP(=O)(O)OC[C@@H](O)COP(=O)(O)O)OC(=O)CCCCCCCCCCCCCCCCCCCCC(C)C. The van der Waals surface area contributed by atoms with Crippen LogP contribution in [0.3, 0.4) is 0 Å². The number of ether oxygens (including phenoxy) is 2. The van der Waals surface area contributed by atoms with Crippen LogP contribution in [0.25, 0.3) is 0 Å². The van der Waals surface area contributed by atoms with Gasteiger partial charge in [-0.15, -0.1) is 0 Å². The summed E-state index contributed by atoms with van der Waals surface area (Å²) in [7, 11) is -9.76. The number of hydrogen-bond acceptors (Lipinski definition) is 12. The molecule has 0 saturated heterocycles. The third-order valence-electron chi connectivity index (χ3n) is 10.8. The summed E-state index contributed by atoms with van der Waals surface area (Å²) in [6.45, 7) is 3.80. The molecule has 0 aliphatic carbocycles. The van der Waals surface area contributed by atoms with Gasteiger partial charge in [0.25, 0.3) is 0 Å². The molecule has 0 rings (SSSR count). The number of hydrogen-bond donors (Lipinski definition) is 6. The van der Waals surface area contributed by atoms with Crippen molar-refractivity contribution >= 4 is 27.6 Å². The van der Waals surface area contributed by atoms with Gasteiger partial charge in [0.05, 0.1) is 32.0 Å². The van der Waals surface area contributed by atoms with E-state index >= 15 is 0 Å². The van der Waals surface area contributed by atoms with Crippen LogP contribution in [-0.2, 0) is 41.8 Å². The van der Waals surface area contributed by atoms with Crippen molar-refractivity contribution in [1.29, 1.82) is 0 Å². The van der Waals surface area contributed by atoms with Gasteiger partial charge in [-0.1, -0.05) is 198 Å². The first-order valence-corrected chi connectivity index (χ1v) is 28.4. The number of allylic oxidation sites excluding steroid dienone is 5. The van der Waals surface area contributed by atoms with Crippen LogP contribution in [0.2, 0.25) is 0 Å². The largest absolute Gasteiger partial charge is 0.472 e. The number of carbonyl (C=O) groups is 2. The predicted octanol–water partition coefficient (Wildman–Crippen LogP) is 11.6. The molecule has 0 aromatic heterocycles. The van der Waals surface area contributed by atoms with Gasteiger partial charge in [0.2, 0.25) is 0 Å². The van der Waals surface area contributed by atoms with E-state index in [9.17, 15) is 38.9 Å². The second-order valence-corrected chi connectivity index (χ2v) is 20.7. The maximum atomic E-state index is 12.7. The Balaban J connectivity index is 4.60. The molecule has 0 aliphatic rings. The molecule has 1 unspecified atom stereocenters. The van der Waals surface area contributed by atoms with E-state index in [4.69, 9.17) is 23.8 Å². The zero-order valence-electron chi connectivity index (χ0n) is 41.4. The van der Waals surface area contributed by atoms with Crippen LogP contribution in [0, 0.1) is 5.92 Å². The van der Waals surface area contributed by atoms with Gasteiger partial charge in [0.1, 0.15) is 12.7 Å². The molecule has 0 aromatic rings. The predicted molar refractivity (Wildman–Crippen MR) is 265 cm³/mol. The van der Waals surface area contributed by atoms with Crippen LogP contribution >= 0.6 is 15.6 Å². The average molecular weight is 995 g/mol. The molecule has 0 amide bonds. The highest BCUT2D eigenvalue weighted by molar-refractivity contribution is 7.47. The summed E-state index contributed by atoms with van der Waals surface area (Å²) in [6.07, 6.45) is 38.7. The lowest BCUT2D eigenvalue weighted by Crippen LogP contribution is -2.30. The van der Waals surface area contributed by atoms with Crippen molar-refractivity contribution in [3.8, 4) is 0 Å². The van der Waals surface area contributed by atoms with Crippen LogP contribution in [0.1, 0.15) is 201 Å². The van der Waals surface area contributed by atoms with Gasteiger partial charge in [-0.2, -0.15) is 0 Å². The molecule has 392 valence electrons. The monoisotopic (exact) mass is 995 g/mol. The first-order chi connectivity index (χ1) is 32.0. The number of phosphoric acid groups is 2. The average Bonchev–Trinajstić information content (AvgIpc) is 3.27. The number of aliphatic hydroxyl groups excluding tert-OH is 3. The molecule has 5 atom stereocenters. The van der Waals surface area contributed by atoms with Gasteiger partial charge < -0.3 is 39.5 Å². The highest BCUT2D eigenvalue weighted by Crippen LogP contribution is 2.44. The highest BCUT2D eigenvalue weighted by Gasteiger charge is 2.28. The van der Waals surface area contributed by atoms with E-state index in [2.05, 4.69) is 35.9 Å². The summed E-state index contributed by atoms with van der Waals surface area (Å²) in [5.74, 6) is -0.443. The molecular weight excluding hydrogens is 902 g/mol. The van der Waals surface area contributed by atoms with Crippen molar-refractivity contribution in [2.24, 2.45) is 5.92 Å². The smallest absolute Gasteiger partial charge is 0.462 e. The Hall–Kier alpha value is -2.00. The second kappa shape index (κ2) is 44.0. The minimum Gasteiger partial charge on any atom is -0.462 e. The Bertz CT molecular complexity index is 1410. The molecule has 17 heteroatoms. The van der Waals surface area contributed by atoms with Crippen LogP contribution in [0.4, 0.5) is 0 Å². The molecular formula is C50H92O15P2. The summed E-state index contributed by atoms with van der Waals surface area (Å²) in [6, 6.07) is 0. The summed E-state index contributed by atoms with van der Waals surface area (Å²) in [4.78, 5) is 52.9. The van der Waals surface area contributed by atoms with Gasteiger partial charge >= 0.3 is 27.6 Å². The first kappa shape index (κ1) is 65.0. The Morgan fingerprint density at radius 2 is 1.01 bits per heavy atom. The standard InChI is InChI=1S/C50H92O15P2/c1-4-5-6-7-23-28-34-45(51)35-29-25-26-30-36-46(52)37-32-39-49(54)61-42-48(43-64-67(59,60)63-41-47(53)40-62-66(56,57)58)65-50(55)38-31-24-21-19-17-15-13-11-9-8-10-12-14-16-18-20-22-27-33-44(2)3/h23,25-26,28-30,35-36,44-48,51-53H,4-22,24,27,31-34,37-43H2,1-3H3,(H,59,60)(H2,56,57,58)/b26-25+,28-23-,35-29+,36-30-/t45-,46-,47+,48-/m1/s1. The normalized spacial score (nSPS) is 15.3. The zero-order chi connectivity index (χ0) is 49.9. The van der Waals surface area contributed by atoms with Crippen molar-refractivity contribution in [3.63, 3.8) is 0 Å². The van der Waals surface area contributed by atoms with E-state index in [1.807, 2.05) is 6.08 Å². The molecule has 0 aromatic carbocycles. The molecule has 6 N–H and O–H groups in total. The Kier molecular flexibility index (Phi) is 42.7. The molecule has 15 nitrogen and oxygen atoms in total. The molecule has 67 heavy (non-hydrogen) atoms. The summed E-state index contributed by atoms with van der Waals surface area (Å²) >= 11 is 0. The quantitative estimate of drug-likeness (QED) is 0.0109. The lowest BCUT2D eigenvalue weighted by atomic mass is 10.0. The highest BCUT2D eigenvalue weighted by atomic mass is 31.2. The van der Waals surface area contributed by atoms with Crippen molar-refractivity contribution in [3.05, 3.63) is 48.6 Å². The van der Waals surface area contributed by atoms with Crippen LogP contribution in [-0.4, -0.2) is 92.8 Å². The molecule has 0 fully saturated rings. The third-order valence-corrected chi connectivity index (χ3v) is 12.3. The van der Waals surface area contributed by atoms with Gasteiger partial charge in [0.15, 0.2) is 6.10 Å². The van der Waals surface area contributed by atoms with Crippen LogP contribution in [0.15, 0.2) is 48.6 Å². The fourth-order valence-electron chi connectivity index (χ4n) is 6.90. The maximum Gasteiger partial charge on any atom is 0.472 e.